The van der Waals surface area contributed by atoms with Crippen molar-refractivity contribution in [1.82, 2.24) is 9.47 Å². The van der Waals surface area contributed by atoms with E-state index in [1.807, 2.05) is 0 Å². The maximum atomic E-state index is 11.9. The monoisotopic (exact) mass is 316 g/mol. The Morgan fingerprint density at radius 2 is 2.11 bits per heavy atom. The van der Waals surface area contributed by atoms with Crippen LogP contribution in [0.3, 0.4) is 0 Å². The van der Waals surface area contributed by atoms with E-state index < -0.39 is 5.60 Å². The molecule has 0 bridgehead atoms. The lowest BCUT2D eigenvalue weighted by Crippen LogP contribution is -2.42. The molecule has 1 heterocycles. The molecule has 0 aliphatic carbocycles. The zero-order valence-electron chi connectivity index (χ0n) is 10.7. The van der Waals surface area contributed by atoms with E-state index in [4.69, 9.17) is 0 Å². The van der Waals surface area contributed by atoms with Crippen LogP contribution in [0.15, 0.2) is 27.6 Å². The Kier molecular flexibility index (Phi) is 4.70. The summed E-state index contributed by atoms with van der Waals surface area (Å²) >= 11 is 3.25. The van der Waals surface area contributed by atoms with Gasteiger partial charge in [0.05, 0.1) is 5.60 Å². The largest absolute Gasteiger partial charge is 0.389 e. The Morgan fingerprint density at radius 3 is 2.67 bits per heavy atom. The fourth-order valence-corrected chi connectivity index (χ4v) is 1.94. The molecule has 6 heteroatoms. The number of carbonyl (C=O) groups is 1. The minimum atomic E-state index is -0.952. The number of nitrogens with zero attached hydrogens (tertiary/aromatic N) is 2. The second-order valence-corrected chi connectivity index (χ2v) is 5.79. The highest BCUT2D eigenvalue weighted by atomic mass is 79.9. The lowest BCUT2D eigenvalue weighted by molar-refractivity contribution is -0.133. The number of aromatic nitrogens is 1. The van der Waals surface area contributed by atoms with Crippen LogP contribution in [0.2, 0.25) is 0 Å². The lowest BCUT2D eigenvalue weighted by atomic mass is 10.1. The van der Waals surface area contributed by atoms with Crippen molar-refractivity contribution in [2.45, 2.75) is 26.0 Å². The molecule has 100 valence electrons. The summed E-state index contributed by atoms with van der Waals surface area (Å²) in [5, 5.41) is 9.63. The molecule has 0 unspecified atom stereocenters. The maximum Gasteiger partial charge on any atom is 0.251 e. The van der Waals surface area contributed by atoms with Crippen LogP contribution in [-0.4, -0.2) is 39.7 Å². The summed E-state index contributed by atoms with van der Waals surface area (Å²) in [5.41, 5.74) is -1.18. The van der Waals surface area contributed by atoms with Gasteiger partial charge in [-0.3, -0.25) is 9.59 Å². The minimum Gasteiger partial charge on any atom is -0.389 e. The van der Waals surface area contributed by atoms with Gasteiger partial charge in [0.1, 0.15) is 6.54 Å². The summed E-state index contributed by atoms with van der Waals surface area (Å²) in [6.07, 6.45) is 1.57. The third-order valence-electron chi connectivity index (χ3n) is 2.30. The highest BCUT2D eigenvalue weighted by Gasteiger charge is 2.19. The molecule has 0 saturated carbocycles. The third-order valence-corrected chi connectivity index (χ3v) is 2.77. The number of hydrogen-bond acceptors (Lipinski definition) is 3. The first kappa shape index (κ1) is 14.9. The van der Waals surface area contributed by atoms with Crippen LogP contribution in [0.5, 0.6) is 0 Å². The minimum absolute atomic E-state index is 0.0369. The van der Waals surface area contributed by atoms with Crippen molar-refractivity contribution in [2.24, 2.45) is 0 Å². The lowest BCUT2D eigenvalue weighted by Gasteiger charge is -2.25. The van der Waals surface area contributed by atoms with Crippen LogP contribution < -0.4 is 5.56 Å². The molecule has 0 aliphatic rings. The van der Waals surface area contributed by atoms with E-state index in [-0.39, 0.29) is 24.6 Å². The van der Waals surface area contributed by atoms with Gasteiger partial charge in [0, 0.05) is 30.3 Å². The zero-order chi connectivity index (χ0) is 13.9. The van der Waals surface area contributed by atoms with Crippen molar-refractivity contribution in [1.29, 1.82) is 0 Å². The van der Waals surface area contributed by atoms with Gasteiger partial charge in [-0.15, -0.1) is 0 Å². The molecule has 0 fully saturated rings. The highest BCUT2D eigenvalue weighted by Crippen LogP contribution is 2.06. The van der Waals surface area contributed by atoms with E-state index in [1.165, 1.54) is 15.5 Å². The zero-order valence-corrected chi connectivity index (χ0v) is 12.3. The predicted molar refractivity (Wildman–Crippen MR) is 72.3 cm³/mol. The summed E-state index contributed by atoms with van der Waals surface area (Å²) in [6, 6.07) is 3.03. The molecule has 1 amide bonds. The summed E-state index contributed by atoms with van der Waals surface area (Å²) in [7, 11) is 1.60. The van der Waals surface area contributed by atoms with Gasteiger partial charge in [0.25, 0.3) is 5.56 Å². The van der Waals surface area contributed by atoms with Crippen LogP contribution in [-0.2, 0) is 11.3 Å². The van der Waals surface area contributed by atoms with E-state index in [9.17, 15) is 14.7 Å². The number of hydrogen-bond donors (Lipinski definition) is 1. The van der Waals surface area contributed by atoms with Gasteiger partial charge in [0.15, 0.2) is 0 Å². The first-order chi connectivity index (χ1) is 8.19. The Balaban J connectivity index is 2.76. The molecule has 0 spiro atoms. The molecule has 1 aromatic rings. The fourth-order valence-electron chi connectivity index (χ4n) is 1.56. The Hall–Kier alpha value is -1.14. The van der Waals surface area contributed by atoms with Gasteiger partial charge in [-0.2, -0.15) is 0 Å². The van der Waals surface area contributed by atoms with Gasteiger partial charge in [-0.1, -0.05) is 0 Å². The Bertz CT molecular complexity index is 491. The van der Waals surface area contributed by atoms with Gasteiger partial charge in [-0.05, 0) is 35.8 Å². The van der Waals surface area contributed by atoms with Crippen molar-refractivity contribution >= 4 is 21.8 Å². The van der Waals surface area contributed by atoms with E-state index in [0.29, 0.717) is 0 Å². The molecule has 1 aromatic heterocycles. The van der Waals surface area contributed by atoms with Crippen molar-refractivity contribution in [3.63, 3.8) is 0 Å². The number of halogens is 1. The van der Waals surface area contributed by atoms with E-state index in [1.54, 1.807) is 33.2 Å². The molecule has 0 atom stereocenters. The van der Waals surface area contributed by atoms with Crippen LogP contribution >= 0.6 is 15.9 Å². The molecule has 0 aliphatic heterocycles. The van der Waals surface area contributed by atoms with Crippen molar-refractivity contribution in [2.75, 3.05) is 13.6 Å². The average molecular weight is 317 g/mol. The van der Waals surface area contributed by atoms with E-state index >= 15 is 0 Å². The standard InChI is InChI=1S/C12H17BrN2O3/c1-12(2,18)8-14(3)11(17)7-15-6-9(13)4-5-10(15)16/h4-6,18H,7-8H2,1-3H3. The van der Waals surface area contributed by atoms with Crippen LogP contribution in [0.4, 0.5) is 0 Å². The van der Waals surface area contributed by atoms with E-state index in [0.717, 1.165) is 4.47 Å². The smallest absolute Gasteiger partial charge is 0.251 e. The second kappa shape index (κ2) is 5.67. The van der Waals surface area contributed by atoms with Gasteiger partial charge >= 0.3 is 0 Å². The van der Waals surface area contributed by atoms with Crippen molar-refractivity contribution < 1.29 is 9.90 Å². The molecule has 1 rings (SSSR count). The SMILES string of the molecule is CN(CC(C)(C)O)C(=O)Cn1cc(Br)ccc1=O. The van der Waals surface area contributed by atoms with Gasteiger partial charge in [0.2, 0.25) is 5.91 Å². The molecule has 0 aromatic carbocycles. The first-order valence-electron chi connectivity index (χ1n) is 5.51. The number of carbonyl (C=O) groups excluding carboxylic acids is 1. The summed E-state index contributed by atoms with van der Waals surface area (Å²) in [5.74, 6) is -0.225. The molecular formula is C12H17BrN2O3. The van der Waals surface area contributed by atoms with Crippen molar-refractivity contribution in [3.05, 3.63) is 33.2 Å². The summed E-state index contributed by atoms with van der Waals surface area (Å²) in [4.78, 5) is 24.8. The first-order valence-corrected chi connectivity index (χ1v) is 6.31. The maximum absolute atomic E-state index is 11.9. The molecule has 1 N–H and O–H groups in total. The number of aliphatic hydroxyl groups is 1. The van der Waals surface area contributed by atoms with Gasteiger partial charge < -0.3 is 14.6 Å². The predicted octanol–water partition coefficient (Wildman–Crippen LogP) is 0.840. The fraction of sp³-hybridized carbons (Fsp3) is 0.500. The topological polar surface area (TPSA) is 62.5 Å². The average Bonchev–Trinajstić information content (AvgIpc) is 2.21. The molecule has 5 nitrogen and oxygen atoms in total. The van der Waals surface area contributed by atoms with E-state index in [2.05, 4.69) is 15.9 Å². The van der Waals surface area contributed by atoms with Crippen LogP contribution in [0, 0.1) is 0 Å². The molecule has 0 radical (unpaired) electrons. The van der Waals surface area contributed by atoms with Crippen LogP contribution in [0.1, 0.15) is 13.8 Å². The normalized spacial score (nSPS) is 11.4. The summed E-state index contributed by atoms with van der Waals surface area (Å²) < 4.78 is 2.06. The molecule has 18 heavy (non-hydrogen) atoms. The third kappa shape index (κ3) is 4.62. The molecule has 0 saturated heterocycles. The molecular weight excluding hydrogens is 300 g/mol. The summed E-state index contributed by atoms with van der Waals surface area (Å²) in [6.45, 7) is 3.43. The van der Waals surface area contributed by atoms with Crippen molar-refractivity contribution in [3.8, 4) is 0 Å². The highest BCUT2D eigenvalue weighted by molar-refractivity contribution is 9.10. The van der Waals surface area contributed by atoms with Gasteiger partial charge in [-0.25, -0.2) is 0 Å². The number of pyridine rings is 1. The number of likely N-dealkylation sites (N-methyl/N-ethyl adjacent to an activating group) is 1. The number of amides is 1. The number of rotatable bonds is 4. The quantitative estimate of drug-likeness (QED) is 0.895. The second-order valence-electron chi connectivity index (χ2n) is 4.88. The Morgan fingerprint density at radius 1 is 1.50 bits per heavy atom. The Labute approximate surface area is 114 Å². The van der Waals surface area contributed by atoms with Crippen LogP contribution in [0.25, 0.3) is 0 Å².